The third-order valence-corrected chi connectivity index (χ3v) is 4.66. The van der Waals surface area contributed by atoms with Crippen molar-refractivity contribution < 1.29 is 23.0 Å². The first-order valence-corrected chi connectivity index (χ1v) is 9.74. The third kappa shape index (κ3) is 5.99. The maximum Gasteiger partial charge on any atom is 0.322 e. The molecule has 4 nitrogen and oxygen atoms in total. The van der Waals surface area contributed by atoms with Gasteiger partial charge in [0, 0.05) is 11.6 Å². The molecule has 0 radical (unpaired) electrons. The summed E-state index contributed by atoms with van der Waals surface area (Å²) in [6, 6.07) is 19.4. The summed E-state index contributed by atoms with van der Waals surface area (Å²) < 4.78 is 37.6. The van der Waals surface area contributed by atoms with Gasteiger partial charge in [-0.2, -0.15) is 0 Å². The SMILES string of the molecule is COC(=O)C(N)CC=C(c1ccccc1)c1ccccc1OCc1cc(F)cc(F)c1. The minimum absolute atomic E-state index is 0.00453. The first kappa shape index (κ1) is 22.2. The highest BCUT2D eigenvalue weighted by Gasteiger charge is 2.15. The number of hydrogen-bond acceptors (Lipinski definition) is 4. The second-order valence-electron chi connectivity index (χ2n) is 6.91. The quantitative estimate of drug-likeness (QED) is 0.526. The Labute approximate surface area is 179 Å². The van der Waals surface area contributed by atoms with Gasteiger partial charge in [-0.1, -0.05) is 54.6 Å². The van der Waals surface area contributed by atoms with E-state index in [1.54, 1.807) is 6.07 Å². The van der Waals surface area contributed by atoms with Crippen LogP contribution >= 0.6 is 0 Å². The van der Waals surface area contributed by atoms with E-state index in [-0.39, 0.29) is 13.0 Å². The van der Waals surface area contributed by atoms with E-state index >= 15 is 0 Å². The van der Waals surface area contributed by atoms with Crippen molar-refractivity contribution in [3.8, 4) is 5.75 Å². The Kier molecular flexibility index (Phi) is 7.51. The fraction of sp³-hybridized carbons (Fsp3) is 0.160. The van der Waals surface area contributed by atoms with Gasteiger partial charge in [0.2, 0.25) is 0 Å². The molecule has 3 rings (SSSR count). The zero-order valence-corrected chi connectivity index (χ0v) is 17.1. The van der Waals surface area contributed by atoms with Crippen molar-refractivity contribution in [1.82, 2.24) is 0 Å². The molecule has 0 bridgehead atoms. The van der Waals surface area contributed by atoms with Crippen LogP contribution in [-0.2, 0) is 16.1 Å². The predicted molar refractivity (Wildman–Crippen MR) is 115 cm³/mol. The first-order chi connectivity index (χ1) is 15.0. The number of benzene rings is 3. The third-order valence-electron chi connectivity index (χ3n) is 4.66. The predicted octanol–water partition coefficient (Wildman–Crippen LogP) is 4.87. The van der Waals surface area contributed by atoms with E-state index in [4.69, 9.17) is 15.2 Å². The number of ether oxygens (including phenoxy) is 2. The summed E-state index contributed by atoms with van der Waals surface area (Å²) in [7, 11) is 1.29. The molecule has 3 aromatic rings. The molecule has 31 heavy (non-hydrogen) atoms. The van der Waals surface area contributed by atoms with Crippen molar-refractivity contribution in [3.05, 3.63) is 107 Å². The van der Waals surface area contributed by atoms with Crippen LogP contribution in [0.4, 0.5) is 8.78 Å². The van der Waals surface area contributed by atoms with E-state index < -0.39 is 23.6 Å². The van der Waals surface area contributed by atoms with E-state index in [9.17, 15) is 13.6 Å². The topological polar surface area (TPSA) is 61.5 Å². The molecule has 0 fully saturated rings. The monoisotopic (exact) mass is 423 g/mol. The summed E-state index contributed by atoms with van der Waals surface area (Å²) in [4.78, 5) is 11.7. The molecule has 0 aromatic heterocycles. The van der Waals surface area contributed by atoms with Crippen molar-refractivity contribution in [1.29, 1.82) is 0 Å². The molecular formula is C25H23F2NO3. The minimum Gasteiger partial charge on any atom is -0.488 e. The molecule has 160 valence electrons. The van der Waals surface area contributed by atoms with Gasteiger partial charge in [-0.3, -0.25) is 4.79 Å². The highest BCUT2D eigenvalue weighted by atomic mass is 19.1. The van der Waals surface area contributed by atoms with Crippen LogP contribution in [0.1, 0.15) is 23.1 Å². The molecule has 1 atom stereocenters. The Morgan fingerprint density at radius 1 is 1.00 bits per heavy atom. The molecule has 1 unspecified atom stereocenters. The Hall–Kier alpha value is -3.51. The number of nitrogens with two attached hydrogens (primary N) is 1. The minimum atomic E-state index is -0.799. The molecular weight excluding hydrogens is 400 g/mol. The summed E-state index contributed by atoms with van der Waals surface area (Å²) >= 11 is 0. The molecule has 3 aromatic carbocycles. The number of rotatable bonds is 8. The van der Waals surface area contributed by atoms with Crippen LogP contribution in [0.15, 0.2) is 78.9 Å². The highest BCUT2D eigenvalue weighted by Crippen LogP contribution is 2.32. The molecule has 0 aliphatic rings. The number of methoxy groups -OCH3 is 1. The summed E-state index contributed by atoms with van der Waals surface area (Å²) in [5.41, 5.74) is 8.79. The van der Waals surface area contributed by atoms with E-state index in [1.807, 2.05) is 54.6 Å². The van der Waals surface area contributed by atoms with Crippen molar-refractivity contribution in [3.63, 3.8) is 0 Å². The van der Waals surface area contributed by atoms with Crippen LogP contribution in [0.3, 0.4) is 0 Å². The van der Waals surface area contributed by atoms with Gasteiger partial charge in [0.05, 0.1) is 7.11 Å². The molecule has 0 amide bonds. The molecule has 0 saturated carbocycles. The fourth-order valence-electron chi connectivity index (χ4n) is 3.16. The molecule has 2 N–H and O–H groups in total. The maximum absolute atomic E-state index is 13.5. The first-order valence-electron chi connectivity index (χ1n) is 9.74. The number of esters is 1. The van der Waals surface area contributed by atoms with Gasteiger partial charge >= 0.3 is 5.97 Å². The summed E-state index contributed by atoms with van der Waals surface area (Å²) in [6.07, 6.45) is 2.13. The summed E-state index contributed by atoms with van der Waals surface area (Å²) in [5.74, 6) is -1.28. The number of hydrogen-bond donors (Lipinski definition) is 1. The Balaban J connectivity index is 1.93. The average molecular weight is 423 g/mol. The van der Waals surface area contributed by atoms with Crippen LogP contribution in [0.2, 0.25) is 0 Å². The van der Waals surface area contributed by atoms with Gasteiger partial charge in [0.15, 0.2) is 0 Å². The lowest BCUT2D eigenvalue weighted by Gasteiger charge is -2.16. The summed E-state index contributed by atoms with van der Waals surface area (Å²) in [5, 5.41) is 0. The van der Waals surface area contributed by atoms with Gasteiger partial charge in [-0.05, 0) is 41.3 Å². The van der Waals surface area contributed by atoms with E-state index in [0.29, 0.717) is 11.3 Å². The number of para-hydroxylation sites is 1. The van der Waals surface area contributed by atoms with Crippen molar-refractivity contribution >= 4 is 11.5 Å². The van der Waals surface area contributed by atoms with Crippen molar-refractivity contribution in [2.45, 2.75) is 19.1 Å². The second kappa shape index (κ2) is 10.5. The molecule has 0 heterocycles. The lowest BCUT2D eigenvalue weighted by atomic mass is 9.95. The van der Waals surface area contributed by atoms with Gasteiger partial charge in [-0.15, -0.1) is 0 Å². The Morgan fingerprint density at radius 2 is 1.65 bits per heavy atom. The van der Waals surface area contributed by atoms with Gasteiger partial charge in [0.1, 0.15) is 30.0 Å². The van der Waals surface area contributed by atoms with Crippen LogP contribution in [0, 0.1) is 11.6 Å². The van der Waals surface area contributed by atoms with Crippen LogP contribution in [0.25, 0.3) is 5.57 Å². The van der Waals surface area contributed by atoms with Crippen LogP contribution in [-0.4, -0.2) is 19.1 Å². The average Bonchev–Trinajstić information content (AvgIpc) is 2.78. The standard InChI is InChI=1S/C25H23F2NO3/c1-30-25(29)23(28)12-11-21(18-7-3-2-4-8-18)22-9-5-6-10-24(22)31-16-17-13-19(26)15-20(27)14-17/h2-11,13-15,23H,12,16,28H2,1H3. The number of carbonyl (C=O) groups is 1. The Bertz CT molecular complexity index is 1050. The highest BCUT2D eigenvalue weighted by molar-refractivity contribution is 5.83. The fourth-order valence-corrected chi connectivity index (χ4v) is 3.16. The zero-order valence-electron chi connectivity index (χ0n) is 17.1. The number of halogens is 2. The lowest BCUT2D eigenvalue weighted by Crippen LogP contribution is -2.30. The van der Waals surface area contributed by atoms with E-state index in [1.165, 1.54) is 19.2 Å². The van der Waals surface area contributed by atoms with Crippen LogP contribution < -0.4 is 10.5 Å². The van der Waals surface area contributed by atoms with Crippen molar-refractivity contribution in [2.24, 2.45) is 5.73 Å². The second-order valence-corrected chi connectivity index (χ2v) is 6.91. The smallest absolute Gasteiger partial charge is 0.322 e. The molecule has 0 aliphatic heterocycles. The van der Waals surface area contributed by atoms with E-state index in [2.05, 4.69) is 0 Å². The Morgan fingerprint density at radius 3 is 2.32 bits per heavy atom. The van der Waals surface area contributed by atoms with Crippen molar-refractivity contribution in [2.75, 3.05) is 7.11 Å². The van der Waals surface area contributed by atoms with Gasteiger partial charge in [0.25, 0.3) is 0 Å². The van der Waals surface area contributed by atoms with E-state index in [0.717, 1.165) is 22.8 Å². The molecule has 0 spiro atoms. The van der Waals surface area contributed by atoms with Gasteiger partial charge in [-0.25, -0.2) is 8.78 Å². The normalized spacial score (nSPS) is 12.3. The summed E-state index contributed by atoms with van der Waals surface area (Å²) in [6.45, 7) is -0.00453. The molecule has 6 heteroatoms. The van der Waals surface area contributed by atoms with Gasteiger partial charge < -0.3 is 15.2 Å². The zero-order chi connectivity index (χ0) is 22.2. The lowest BCUT2D eigenvalue weighted by molar-refractivity contribution is -0.142. The largest absolute Gasteiger partial charge is 0.488 e. The maximum atomic E-state index is 13.5. The number of carbonyl (C=O) groups excluding carboxylic acids is 1. The molecule has 0 saturated heterocycles. The molecule has 0 aliphatic carbocycles. The van der Waals surface area contributed by atoms with Crippen LogP contribution in [0.5, 0.6) is 5.75 Å².